The lowest BCUT2D eigenvalue weighted by molar-refractivity contribution is -0.137. The maximum absolute atomic E-state index is 14.8. The highest BCUT2D eigenvalue weighted by atomic mass is 19.4. The summed E-state index contributed by atoms with van der Waals surface area (Å²) in [5.74, 6) is 0.416. The molecule has 10 heteroatoms. The maximum atomic E-state index is 14.8. The van der Waals surface area contributed by atoms with Gasteiger partial charge in [0.1, 0.15) is 11.6 Å². The Morgan fingerprint density at radius 1 is 0.938 bits per heavy atom. The van der Waals surface area contributed by atoms with Crippen LogP contribution in [-0.4, -0.2) is 46.2 Å². The van der Waals surface area contributed by atoms with Gasteiger partial charge in [-0.05, 0) is 18.2 Å². The van der Waals surface area contributed by atoms with E-state index in [2.05, 4.69) is 19.9 Å². The number of rotatable bonds is 3. The highest BCUT2D eigenvalue weighted by Gasteiger charge is 2.30. The molecule has 164 valence electrons. The predicted molar refractivity (Wildman–Crippen MR) is 111 cm³/mol. The number of halogens is 4. The third kappa shape index (κ3) is 3.89. The van der Waals surface area contributed by atoms with Gasteiger partial charge in [0.25, 0.3) is 0 Å². The molecule has 32 heavy (non-hydrogen) atoms. The number of morpholine rings is 1. The molecule has 2 aromatic carbocycles. The Balaban J connectivity index is 1.45. The zero-order valence-electron chi connectivity index (χ0n) is 16.7. The first-order valence-corrected chi connectivity index (χ1v) is 9.90. The summed E-state index contributed by atoms with van der Waals surface area (Å²) < 4.78 is 58.5. The van der Waals surface area contributed by atoms with Crippen molar-refractivity contribution in [1.82, 2.24) is 19.9 Å². The average Bonchev–Trinajstić information content (AvgIpc) is 3.21. The minimum Gasteiger partial charge on any atom is -0.378 e. The van der Waals surface area contributed by atoms with Gasteiger partial charge in [-0.3, -0.25) is 0 Å². The van der Waals surface area contributed by atoms with E-state index < -0.39 is 17.6 Å². The van der Waals surface area contributed by atoms with Gasteiger partial charge < -0.3 is 14.6 Å². The normalized spacial score (nSPS) is 14.8. The minimum atomic E-state index is -4.41. The number of aromatic nitrogens is 4. The summed E-state index contributed by atoms with van der Waals surface area (Å²) in [5, 5.41) is 0. The Morgan fingerprint density at radius 2 is 1.62 bits per heavy atom. The minimum absolute atomic E-state index is 0.300. The Bertz CT molecular complexity index is 1250. The van der Waals surface area contributed by atoms with Gasteiger partial charge in [0.05, 0.1) is 29.8 Å². The maximum Gasteiger partial charge on any atom is 0.416 e. The van der Waals surface area contributed by atoms with Crippen LogP contribution >= 0.6 is 0 Å². The standard InChI is InChI=1S/C22H17F4N5O/c23-17-10-19-18(29-20(30-19)13-1-3-15(4-2-13)22(24,25)26)9-16(17)14-11-27-21(28-12-14)31-5-7-32-8-6-31/h1-4,9-12H,5-8H2,(H,29,30). The molecule has 0 spiro atoms. The molecule has 1 N–H and O–H groups in total. The second kappa shape index (κ2) is 7.86. The summed E-state index contributed by atoms with van der Waals surface area (Å²) in [6, 6.07) is 7.51. The van der Waals surface area contributed by atoms with Crippen molar-refractivity contribution in [1.29, 1.82) is 0 Å². The van der Waals surface area contributed by atoms with Crippen molar-refractivity contribution in [3.8, 4) is 22.5 Å². The van der Waals surface area contributed by atoms with E-state index in [4.69, 9.17) is 4.74 Å². The van der Waals surface area contributed by atoms with E-state index in [1.807, 2.05) is 4.90 Å². The molecule has 0 aliphatic carbocycles. The molecule has 2 aromatic heterocycles. The molecule has 0 atom stereocenters. The van der Waals surface area contributed by atoms with Gasteiger partial charge in [0.2, 0.25) is 5.95 Å². The molecule has 0 amide bonds. The van der Waals surface area contributed by atoms with Gasteiger partial charge in [-0.25, -0.2) is 19.3 Å². The van der Waals surface area contributed by atoms with E-state index in [0.717, 1.165) is 12.1 Å². The SMILES string of the molecule is Fc1cc2nc(-c3ccc(C(F)(F)F)cc3)[nH]c2cc1-c1cnc(N2CCOCC2)nc1. The second-order valence-corrected chi connectivity index (χ2v) is 7.38. The largest absolute Gasteiger partial charge is 0.416 e. The highest BCUT2D eigenvalue weighted by molar-refractivity contribution is 5.84. The van der Waals surface area contributed by atoms with Crippen LogP contribution in [0.15, 0.2) is 48.8 Å². The summed E-state index contributed by atoms with van der Waals surface area (Å²) >= 11 is 0. The number of H-pyrrole nitrogens is 1. The number of imidazole rings is 1. The number of anilines is 1. The number of nitrogens with one attached hydrogen (secondary N) is 1. The highest BCUT2D eigenvalue weighted by Crippen LogP contribution is 2.32. The zero-order chi connectivity index (χ0) is 22.3. The number of hydrogen-bond donors (Lipinski definition) is 1. The quantitative estimate of drug-likeness (QED) is 0.466. The fourth-order valence-electron chi connectivity index (χ4n) is 3.59. The molecule has 3 heterocycles. The Kier molecular flexibility index (Phi) is 5.01. The third-order valence-electron chi connectivity index (χ3n) is 5.30. The number of ether oxygens (including phenoxy) is 1. The molecule has 6 nitrogen and oxygen atoms in total. The van der Waals surface area contributed by atoms with Crippen LogP contribution in [0.25, 0.3) is 33.5 Å². The van der Waals surface area contributed by atoms with Crippen molar-refractivity contribution in [3.63, 3.8) is 0 Å². The summed E-state index contributed by atoms with van der Waals surface area (Å²) in [5.41, 5.74) is 1.45. The van der Waals surface area contributed by atoms with Gasteiger partial charge in [0.15, 0.2) is 0 Å². The molecule has 4 aromatic rings. The van der Waals surface area contributed by atoms with E-state index >= 15 is 0 Å². The zero-order valence-corrected chi connectivity index (χ0v) is 16.7. The van der Waals surface area contributed by atoms with E-state index in [9.17, 15) is 17.6 Å². The van der Waals surface area contributed by atoms with Crippen molar-refractivity contribution in [3.05, 3.63) is 60.2 Å². The second-order valence-electron chi connectivity index (χ2n) is 7.38. The first-order valence-electron chi connectivity index (χ1n) is 9.90. The summed E-state index contributed by atoms with van der Waals surface area (Å²) in [7, 11) is 0. The first-order chi connectivity index (χ1) is 15.4. The number of aromatic amines is 1. The number of fused-ring (bicyclic) bond motifs is 1. The van der Waals surface area contributed by atoms with E-state index in [1.54, 1.807) is 18.5 Å². The lowest BCUT2D eigenvalue weighted by Gasteiger charge is -2.26. The molecule has 5 rings (SSSR count). The van der Waals surface area contributed by atoms with Crippen LogP contribution in [0.1, 0.15) is 5.56 Å². The van der Waals surface area contributed by atoms with Crippen molar-refractivity contribution in [2.45, 2.75) is 6.18 Å². The fraction of sp³-hybridized carbons (Fsp3) is 0.227. The molecule has 0 radical (unpaired) electrons. The van der Waals surface area contributed by atoms with E-state index in [1.165, 1.54) is 18.2 Å². The summed E-state index contributed by atoms with van der Waals surface area (Å²) in [6.45, 7) is 2.61. The van der Waals surface area contributed by atoms with Crippen molar-refractivity contribution >= 4 is 17.0 Å². The number of nitrogens with zero attached hydrogens (tertiary/aromatic N) is 4. The molecule has 1 saturated heterocycles. The van der Waals surface area contributed by atoms with Crippen LogP contribution in [0.5, 0.6) is 0 Å². The number of alkyl halides is 3. The predicted octanol–water partition coefficient (Wildman–Crippen LogP) is 4.68. The molecular formula is C22H17F4N5O. The molecule has 0 unspecified atom stereocenters. The summed E-state index contributed by atoms with van der Waals surface area (Å²) in [4.78, 5) is 18.1. The summed E-state index contributed by atoms with van der Waals surface area (Å²) in [6.07, 6.45) is -1.28. The third-order valence-corrected chi connectivity index (χ3v) is 5.30. The Hall–Kier alpha value is -3.53. The Labute approximate surface area is 179 Å². The monoisotopic (exact) mass is 443 g/mol. The lowest BCUT2D eigenvalue weighted by Crippen LogP contribution is -2.37. The van der Waals surface area contributed by atoms with Crippen molar-refractivity contribution in [2.75, 3.05) is 31.2 Å². The number of hydrogen-bond acceptors (Lipinski definition) is 5. The van der Waals surface area contributed by atoms with Crippen LogP contribution in [0.4, 0.5) is 23.5 Å². The topological polar surface area (TPSA) is 66.9 Å². The van der Waals surface area contributed by atoms with Gasteiger partial charge >= 0.3 is 6.18 Å². The van der Waals surface area contributed by atoms with Gasteiger partial charge in [0, 0.05) is 48.2 Å². The van der Waals surface area contributed by atoms with Crippen LogP contribution in [-0.2, 0) is 10.9 Å². The first kappa shape index (κ1) is 20.4. The molecule has 1 aliphatic rings. The van der Waals surface area contributed by atoms with Crippen LogP contribution in [0.2, 0.25) is 0 Å². The van der Waals surface area contributed by atoms with E-state index in [-0.39, 0.29) is 0 Å². The van der Waals surface area contributed by atoms with Crippen molar-refractivity contribution < 1.29 is 22.3 Å². The number of benzene rings is 2. The van der Waals surface area contributed by atoms with Crippen LogP contribution in [0.3, 0.4) is 0 Å². The van der Waals surface area contributed by atoms with Gasteiger partial charge in [-0.15, -0.1) is 0 Å². The van der Waals surface area contributed by atoms with Crippen molar-refractivity contribution in [2.24, 2.45) is 0 Å². The molecule has 0 saturated carbocycles. The molecular weight excluding hydrogens is 426 g/mol. The average molecular weight is 443 g/mol. The fourth-order valence-corrected chi connectivity index (χ4v) is 3.59. The van der Waals surface area contributed by atoms with Crippen LogP contribution < -0.4 is 4.90 Å². The lowest BCUT2D eigenvalue weighted by atomic mass is 10.1. The van der Waals surface area contributed by atoms with Crippen LogP contribution in [0, 0.1) is 5.82 Å². The molecule has 1 aliphatic heterocycles. The Morgan fingerprint density at radius 3 is 2.28 bits per heavy atom. The smallest absolute Gasteiger partial charge is 0.378 e. The van der Waals surface area contributed by atoms with E-state index in [0.29, 0.717) is 65.8 Å². The van der Waals surface area contributed by atoms with Gasteiger partial charge in [-0.1, -0.05) is 12.1 Å². The molecule has 0 bridgehead atoms. The molecule has 1 fully saturated rings. The van der Waals surface area contributed by atoms with Gasteiger partial charge in [-0.2, -0.15) is 13.2 Å².